The number of benzene rings is 2. The van der Waals surface area contributed by atoms with Gasteiger partial charge in [-0.1, -0.05) is 6.07 Å². The van der Waals surface area contributed by atoms with Crippen LogP contribution in [0.4, 0.5) is 10.1 Å². The van der Waals surface area contributed by atoms with Gasteiger partial charge in [0.05, 0.1) is 16.6 Å². The third-order valence-electron chi connectivity index (χ3n) is 2.71. The summed E-state index contributed by atoms with van der Waals surface area (Å²) in [6.45, 7) is -0.0690. The van der Waals surface area contributed by atoms with E-state index in [-0.39, 0.29) is 28.1 Å². The highest BCUT2D eigenvalue weighted by atomic mass is 79.9. The Morgan fingerprint density at radius 1 is 1.38 bits per heavy atom. The van der Waals surface area contributed by atoms with Gasteiger partial charge >= 0.3 is 0 Å². The molecule has 0 saturated carbocycles. The maximum Gasteiger partial charge on any atom is 0.287 e. The van der Waals surface area contributed by atoms with Crippen molar-refractivity contribution in [3.8, 4) is 11.8 Å². The van der Waals surface area contributed by atoms with Gasteiger partial charge < -0.3 is 4.74 Å². The topological polar surface area (TPSA) is 76.2 Å². The monoisotopic (exact) mass is 350 g/mol. The largest absolute Gasteiger partial charge is 0.487 e. The number of nitro benzene ring substituents is 1. The molecule has 0 radical (unpaired) electrons. The third-order valence-corrected chi connectivity index (χ3v) is 3.51. The van der Waals surface area contributed by atoms with Gasteiger partial charge in [-0.2, -0.15) is 5.26 Å². The van der Waals surface area contributed by atoms with Gasteiger partial charge in [-0.3, -0.25) is 10.1 Å². The third kappa shape index (κ3) is 3.35. The summed E-state index contributed by atoms with van der Waals surface area (Å²) in [6, 6.07) is 10.0. The minimum atomic E-state index is -0.542. The van der Waals surface area contributed by atoms with Gasteiger partial charge in [-0.15, -0.1) is 0 Å². The average Bonchev–Trinajstić information content (AvgIpc) is 2.46. The standard InChI is InChI=1S/C14H8BrFN2O3/c15-14-12(18(19)20)2-1-3-13(14)21-8-10-6-11(16)5-4-9(10)7-17/h1-6H,8H2. The Hall–Kier alpha value is -2.46. The molecular weight excluding hydrogens is 343 g/mol. The molecule has 0 unspecified atom stereocenters. The van der Waals surface area contributed by atoms with Crippen LogP contribution in [-0.2, 0) is 6.61 Å². The maximum atomic E-state index is 13.2. The fourth-order valence-electron chi connectivity index (χ4n) is 1.70. The van der Waals surface area contributed by atoms with Gasteiger partial charge in [0.2, 0.25) is 0 Å². The predicted molar refractivity (Wildman–Crippen MR) is 76.2 cm³/mol. The smallest absolute Gasteiger partial charge is 0.287 e. The summed E-state index contributed by atoms with van der Waals surface area (Å²) in [6.07, 6.45) is 0. The van der Waals surface area contributed by atoms with Crippen LogP contribution in [0.25, 0.3) is 0 Å². The number of nitrogens with zero attached hydrogens (tertiary/aromatic N) is 2. The highest BCUT2D eigenvalue weighted by Crippen LogP contribution is 2.34. The van der Waals surface area contributed by atoms with Crippen molar-refractivity contribution in [1.29, 1.82) is 5.26 Å². The van der Waals surface area contributed by atoms with Crippen LogP contribution >= 0.6 is 15.9 Å². The molecule has 0 saturated heterocycles. The lowest BCUT2D eigenvalue weighted by atomic mass is 10.1. The van der Waals surface area contributed by atoms with Crippen molar-refractivity contribution in [2.75, 3.05) is 0 Å². The molecular formula is C14H8BrFN2O3. The van der Waals surface area contributed by atoms with E-state index in [2.05, 4.69) is 15.9 Å². The van der Waals surface area contributed by atoms with Gasteiger partial charge in [0.15, 0.2) is 0 Å². The lowest BCUT2D eigenvalue weighted by molar-refractivity contribution is -0.385. The molecule has 21 heavy (non-hydrogen) atoms. The molecule has 0 N–H and O–H groups in total. The van der Waals surface area contributed by atoms with Crippen molar-refractivity contribution in [2.24, 2.45) is 0 Å². The number of nitriles is 1. The van der Waals surface area contributed by atoms with E-state index in [1.54, 1.807) is 6.07 Å². The summed E-state index contributed by atoms with van der Waals surface area (Å²) in [5.74, 6) is -0.233. The molecule has 2 rings (SSSR count). The molecule has 0 spiro atoms. The van der Waals surface area contributed by atoms with E-state index in [4.69, 9.17) is 10.00 Å². The Kier molecular flexibility index (Phi) is 4.50. The van der Waals surface area contributed by atoms with Gasteiger partial charge in [-0.05, 0) is 40.2 Å². The fraction of sp³-hybridized carbons (Fsp3) is 0.0714. The number of rotatable bonds is 4. The Morgan fingerprint density at radius 3 is 2.81 bits per heavy atom. The highest BCUT2D eigenvalue weighted by molar-refractivity contribution is 9.10. The fourth-order valence-corrected chi connectivity index (χ4v) is 2.22. The second-order valence-electron chi connectivity index (χ2n) is 4.05. The van der Waals surface area contributed by atoms with Crippen LogP contribution in [0.1, 0.15) is 11.1 Å². The zero-order valence-corrected chi connectivity index (χ0v) is 12.1. The number of nitro groups is 1. The van der Waals surface area contributed by atoms with Gasteiger partial charge in [-0.25, -0.2) is 4.39 Å². The predicted octanol–water partition coefficient (Wildman–Crippen LogP) is 3.95. The molecule has 2 aromatic rings. The summed E-state index contributed by atoms with van der Waals surface area (Å²) in [5, 5.41) is 19.8. The van der Waals surface area contributed by atoms with Crippen molar-refractivity contribution >= 4 is 21.6 Å². The van der Waals surface area contributed by atoms with Crippen LogP contribution in [-0.4, -0.2) is 4.92 Å². The molecule has 0 atom stereocenters. The average molecular weight is 351 g/mol. The van der Waals surface area contributed by atoms with E-state index in [9.17, 15) is 14.5 Å². The Morgan fingerprint density at radius 2 is 2.14 bits per heavy atom. The molecule has 0 amide bonds. The number of ether oxygens (including phenoxy) is 1. The second kappa shape index (κ2) is 6.33. The molecule has 0 aromatic heterocycles. The van der Waals surface area contributed by atoms with Gasteiger partial charge in [0.1, 0.15) is 22.6 Å². The number of hydrogen-bond acceptors (Lipinski definition) is 4. The van der Waals surface area contributed by atoms with Crippen molar-refractivity contribution in [2.45, 2.75) is 6.61 Å². The maximum absolute atomic E-state index is 13.2. The molecule has 0 aliphatic carbocycles. The molecule has 0 aliphatic rings. The van der Waals surface area contributed by atoms with Crippen LogP contribution in [0.5, 0.6) is 5.75 Å². The first-order valence-corrected chi connectivity index (χ1v) is 6.56. The quantitative estimate of drug-likeness (QED) is 0.617. The molecule has 0 bridgehead atoms. The lowest BCUT2D eigenvalue weighted by Crippen LogP contribution is -2.00. The summed E-state index contributed by atoms with van der Waals surface area (Å²) < 4.78 is 18.8. The zero-order valence-electron chi connectivity index (χ0n) is 10.5. The van der Waals surface area contributed by atoms with E-state index >= 15 is 0 Å². The van der Waals surface area contributed by atoms with Crippen molar-refractivity contribution in [3.63, 3.8) is 0 Å². The first kappa shape index (κ1) is 14.9. The molecule has 0 heterocycles. The van der Waals surface area contributed by atoms with Crippen molar-refractivity contribution in [3.05, 3.63) is 67.9 Å². The number of halogens is 2. The summed E-state index contributed by atoms with van der Waals surface area (Å²) in [7, 11) is 0. The minimum absolute atomic E-state index is 0.0690. The first-order chi connectivity index (χ1) is 10.0. The summed E-state index contributed by atoms with van der Waals surface area (Å²) >= 11 is 3.10. The van der Waals surface area contributed by atoms with Crippen molar-refractivity contribution < 1.29 is 14.1 Å². The second-order valence-corrected chi connectivity index (χ2v) is 4.84. The van der Waals surface area contributed by atoms with Crippen LogP contribution in [0, 0.1) is 27.3 Å². The van der Waals surface area contributed by atoms with Crippen LogP contribution in [0.3, 0.4) is 0 Å². The van der Waals surface area contributed by atoms with E-state index in [1.807, 2.05) is 6.07 Å². The van der Waals surface area contributed by atoms with E-state index in [1.165, 1.54) is 30.3 Å². The Bertz CT molecular complexity index is 743. The van der Waals surface area contributed by atoms with Gasteiger partial charge in [0, 0.05) is 11.6 Å². The van der Waals surface area contributed by atoms with Gasteiger partial charge in [0.25, 0.3) is 5.69 Å². The summed E-state index contributed by atoms with van der Waals surface area (Å²) in [4.78, 5) is 10.3. The first-order valence-electron chi connectivity index (χ1n) is 5.77. The molecule has 7 heteroatoms. The van der Waals surface area contributed by atoms with E-state index < -0.39 is 10.7 Å². The lowest BCUT2D eigenvalue weighted by Gasteiger charge is -2.09. The molecule has 2 aromatic carbocycles. The normalized spacial score (nSPS) is 9.95. The van der Waals surface area contributed by atoms with Crippen LogP contribution in [0.15, 0.2) is 40.9 Å². The number of hydrogen-bond donors (Lipinski definition) is 0. The molecule has 0 aliphatic heterocycles. The molecule has 106 valence electrons. The van der Waals surface area contributed by atoms with E-state index in [0.717, 1.165) is 0 Å². The highest BCUT2D eigenvalue weighted by Gasteiger charge is 2.16. The molecule has 0 fully saturated rings. The van der Waals surface area contributed by atoms with Crippen LogP contribution in [0.2, 0.25) is 0 Å². The SMILES string of the molecule is N#Cc1ccc(F)cc1COc1cccc([N+](=O)[O-])c1Br. The van der Waals surface area contributed by atoms with E-state index in [0.29, 0.717) is 5.56 Å². The summed E-state index contributed by atoms with van der Waals surface area (Å²) in [5.41, 5.74) is 0.529. The minimum Gasteiger partial charge on any atom is -0.487 e. The Labute approximate surface area is 127 Å². The Balaban J connectivity index is 2.25. The van der Waals surface area contributed by atoms with Crippen molar-refractivity contribution in [1.82, 2.24) is 0 Å². The molecule has 5 nitrogen and oxygen atoms in total. The zero-order chi connectivity index (χ0) is 15.4. The van der Waals surface area contributed by atoms with Crippen LogP contribution < -0.4 is 4.74 Å².